The van der Waals surface area contributed by atoms with Crippen LogP contribution in [-0.2, 0) is 19.6 Å². The first-order valence-electron chi connectivity index (χ1n) is 10.4. The quantitative estimate of drug-likeness (QED) is 0.603. The van der Waals surface area contributed by atoms with Crippen molar-refractivity contribution >= 4 is 14.2 Å². The minimum atomic E-state index is -1.80. The Morgan fingerprint density at radius 2 is 1.75 bits per heavy atom. The highest BCUT2D eigenvalue weighted by atomic mass is 28.4. The number of carbonyl (C=O) groups is 1. The van der Waals surface area contributed by atoms with Crippen molar-refractivity contribution in [2.45, 2.75) is 78.1 Å². The lowest BCUT2D eigenvalue weighted by Crippen LogP contribution is -2.51. The summed E-state index contributed by atoms with van der Waals surface area (Å²) in [5.74, 6) is 0.145. The Balaban J connectivity index is 2.13. The number of carbonyl (C=O) groups excluding carboxylic acids is 1. The van der Waals surface area contributed by atoms with Gasteiger partial charge in [0.1, 0.15) is 6.73 Å². The topological polar surface area (TPSA) is 38.8 Å². The molecular weight excluding hydrogens is 366 g/mol. The van der Waals surface area contributed by atoms with E-state index in [9.17, 15) is 4.79 Å². The van der Waals surface area contributed by atoms with Gasteiger partial charge in [0.05, 0.1) is 5.60 Å². The van der Waals surface area contributed by atoms with Gasteiger partial charge in [-0.25, -0.2) is 0 Å². The van der Waals surface area contributed by atoms with E-state index in [1.807, 2.05) is 31.7 Å². The van der Waals surface area contributed by atoms with Crippen molar-refractivity contribution in [1.29, 1.82) is 0 Å². The number of ether oxygens (including phenoxy) is 1. The van der Waals surface area contributed by atoms with Gasteiger partial charge >= 0.3 is 0 Å². The van der Waals surface area contributed by atoms with E-state index in [-0.39, 0.29) is 16.4 Å². The molecule has 1 aliphatic heterocycles. The number of benzene rings is 1. The number of nitrogens with zero attached hydrogens (tertiary/aromatic N) is 1. The van der Waals surface area contributed by atoms with Crippen LogP contribution < -0.4 is 0 Å². The van der Waals surface area contributed by atoms with Crippen LogP contribution >= 0.6 is 0 Å². The van der Waals surface area contributed by atoms with E-state index in [0.717, 1.165) is 12.8 Å². The zero-order valence-corrected chi connectivity index (χ0v) is 20.1. The lowest BCUT2D eigenvalue weighted by Gasteiger charge is -2.44. The van der Waals surface area contributed by atoms with Gasteiger partial charge in [0.15, 0.2) is 8.32 Å². The standard InChI is InChI=1S/C23H39NO3Si/c1-21(2,3)20(25)24-16-14-23(26-18-24,19-12-10-9-11-13-19)15-17-27-28(7,8)22(4,5)6/h9-13H,14-18H2,1-8H3. The fraction of sp³-hybridized carbons (Fsp3) is 0.696. The summed E-state index contributed by atoms with van der Waals surface area (Å²) in [7, 11) is -1.80. The third-order valence-corrected chi connectivity index (χ3v) is 10.8. The number of amides is 1. The molecule has 1 heterocycles. The molecule has 1 unspecified atom stereocenters. The summed E-state index contributed by atoms with van der Waals surface area (Å²) < 4.78 is 12.9. The third kappa shape index (κ3) is 5.25. The van der Waals surface area contributed by atoms with Crippen LogP contribution in [0.25, 0.3) is 0 Å². The molecule has 0 radical (unpaired) electrons. The van der Waals surface area contributed by atoms with Gasteiger partial charge in [-0.2, -0.15) is 0 Å². The zero-order valence-electron chi connectivity index (χ0n) is 19.1. The van der Waals surface area contributed by atoms with E-state index >= 15 is 0 Å². The summed E-state index contributed by atoms with van der Waals surface area (Å²) in [5.41, 5.74) is 0.400. The van der Waals surface area contributed by atoms with Crippen LogP contribution in [-0.4, -0.2) is 39.0 Å². The normalized spacial score (nSPS) is 21.6. The molecule has 1 aromatic rings. The van der Waals surface area contributed by atoms with Gasteiger partial charge in [-0.05, 0) is 30.1 Å². The molecule has 1 aliphatic rings. The summed E-state index contributed by atoms with van der Waals surface area (Å²) in [5, 5.41) is 0.191. The Kier molecular flexibility index (Phi) is 6.84. The second-order valence-corrected chi connectivity index (χ2v) is 15.4. The van der Waals surface area contributed by atoms with Gasteiger partial charge in [0.2, 0.25) is 5.91 Å². The average Bonchev–Trinajstić information content (AvgIpc) is 2.60. The Hall–Kier alpha value is -1.17. The molecule has 158 valence electrons. The number of hydrogen-bond acceptors (Lipinski definition) is 3. The van der Waals surface area contributed by atoms with Gasteiger partial charge in [-0.1, -0.05) is 71.9 Å². The average molecular weight is 406 g/mol. The summed E-state index contributed by atoms with van der Waals surface area (Å²) in [6.07, 6.45) is 1.60. The first kappa shape index (κ1) is 23.1. The molecule has 0 bridgehead atoms. The molecule has 4 nitrogen and oxygen atoms in total. The molecule has 1 saturated heterocycles. The van der Waals surface area contributed by atoms with Crippen molar-refractivity contribution < 1.29 is 14.0 Å². The Labute approximate surface area is 172 Å². The van der Waals surface area contributed by atoms with Crippen LogP contribution in [0.15, 0.2) is 30.3 Å². The van der Waals surface area contributed by atoms with Crippen molar-refractivity contribution in [3.05, 3.63) is 35.9 Å². The van der Waals surface area contributed by atoms with Gasteiger partial charge in [0.25, 0.3) is 0 Å². The van der Waals surface area contributed by atoms with Crippen molar-refractivity contribution in [2.24, 2.45) is 5.41 Å². The second kappa shape index (κ2) is 8.29. The molecule has 0 aliphatic carbocycles. The maximum absolute atomic E-state index is 12.6. The molecule has 0 aromatic heterocycles. The van der Waals surface area contributed by atoms with Gasteiger partial charge < -0.3 is 14.1 Å². The highest BCUT2D eigenvalue weighted by Gasteiger charge is 2.42. The number of hydrogen-bond donors (Lipinski definition) is 0. The second-order valence-electron chi connectivity index (χ2n) is 10.6. The Morgan fingerprint density at radius 3 is 2.21 bits per heavy atom. The molecule has 0 spiro atoms. The van der Waals surface area contributed by atoms with Crippen LogP contribution in [0.5, 0.6) is 0 Å². The lowest BCUT2D eigenvalue weighted by atomic mass is 9.85. The first-order valence-corrected chi connectivity index (χ1v) is 13.3. The van der Waals surface area contributed by atoms with E-state index in [4.69, 9.17) is 9.16 Å². The van der Waals surface area contributed by atoms with Gasteiger partial charge in [-0.3, -0.25) is 4.79 Å². The predicted molar refractivity (Wildman–Crippen MR) is 118 cm³/mol. The SMILES string of the molecule is CC(C)(C)C(=O)N1CCC(CCO[Si](C)(C)C(C)(C)C)(c2ccccc2)OC1. The van der Waals surface area contributed by atoms with Crippen LogP contribution in [0.3, 0.4) is 0 Å². The smallest absolute Gasteiger partial charge is 0.229 e. The maximum atomic E-state index is 12.6. The molecule has 5 heteroatoms. The number of rotatable bonds is 5. The van der Waals surface area contributed by atoms with E-state index < -0.39 is 13.9 Å². The molecular formula is C23H39NO3Si. The van der Waals surface area contributed by atoms with E-state index in [1.54, 1.807) is 0 Å². The monoisotopic (exact) mass is 405 g/mol. The molecule has 1 fully saturated rings. The fourth-order valence-electron chi connectivity index (χ4n) is 3.29. The summed E-state index contributed by atoms with van der Waals surface area (Å²) in [6, 6.07) is 10.4. The molecule has 1 atom stereocenters. The zero-order chi connectivity index (χ0) is 21.2. The lowest BCUT2D eigenvalue weighted by molar-refractivity contribution is -0.176. The molecule has 28 heavy (non-hydrogen) atoms. The summed E-state index contributed by atoms with van der Waals surface area (Å²) in [4.78, 5) is 14.5. The van der Waals surface area contributed by atoms with E-state index in [2.05, 4.69) is 58.1 Å². The predicted octanol–water partition coefficient (Wildman–Crippen LogP) is 5.55. The van der Waals surface area contributed by atoms with E-state index in [0.29, 0.717) is 19.9 Å². The summed E-state index contributed by atoms with van der Waals surface area (Å²) in [6.45, 7) is 19.0. The van der Waals surface area contributed by atoms with Crippen LogP contribution in [0.4, 0.5) is 0 Å². The van der Waals surface area contributed by atoms with Crippen molar-refractivity contribution in [3.63, 3.8) is 0 Å². The fourth-order valence-corrected chi connectivity index (χ4v) is 4.33. The summed E-state index contributed by atoms with van der Waals surface area (Å²) >= 11 is 0. The highest BCUT2D eigenvalue weighted by Crippen LogP contribution is 2.40. The Bertz CT molecular complexity index is 651. The molecule has 1 amide bonds. The maximum Gasteiger partial charge on any atom is 0.229 e. The van der Waals surface area contributed by atoms with Gasteiger partial charge in [-0.15, -0.1) is 0 Å². The first-order chi connectivity index (χ1) is 12.8. The minimum absolute atomic E-state index is 0.145. The molecule has 0 saturated carbocycles. The largest absolute Gasteiger partial charge is 0.417 e. The van der Waals surface area contributed by atoms with Crippen LogP contribution in [0.1, 0.15) is 59.9 Å². The molecule has 0 N–H and O–H groups in total. The minimum Gasteiger partial charge on any atom is -0.417 e. The third-order valence-electron chi connectivity index (χ3n) is 6.29. The Morgan fingerprint density at radius 1 is 1.14 bits per heavy atom. The van der Waals surface area contributed by atoms with Crippen molar-refractivity contribution in [3.8, 4) is 0 Å². The molecule has 1 aromatic carbocycles. The van der Waals surface area contributed by atoms with Crippen molar-refractivity contribution in [2.75, 3.05) is 19.9 Å². The van der Waals surface area contributed by atoms with Gasteiger partial charge in [0, 0.05) is 25.0 Å². The van der Waals surface area contributed by atoms with E-state index in [1.165, 1.54) is 5.56 Å². The van der Waals surface area contributed by atoms with Crippen molar-refractivity contribution in [1.82, 2.24) is 4.90 Å². The van der Waals surface area contributed by atoms with Crippen LogP contribution in [0, 0.1) is 5.41 Å². The highest BCUT2D eigenvalue weighted by molar-refractivity contribution is 6.74. The molecule has 2 rings (SSSR count). The van der Waals surface area contributed by atoms with Crippen LogP contribution in [0.2, 0.25) is 18.1 Å².